The van der Waals surface area contributed by atoms with Gasteiger partial charge in [0.1, 0.15) is 0 Å². The average Bonchev–Trinajstić information content (AvgIpc) is 2.00. The van der Waals surface area contributed by atoms with Crippen LogP contribution in [0.5, 0.6) is 0 Å². The molecule has 0 amide bonds. The molecular weight excluding hydrogens is 171 g/mol. The maximum absolute atomic E-state index is 11.1. The molecule has 0 aromatic rings. The van der Waals surface area contributed by atoms with Crippen molar-refractivity contribution in [1.29, 1.82) is 0 Å². The zero-order chi connectivity index (χ0) is 9.40. The highest BCUT2D eigenvalue weighted by Gasteiger charge is 1.99. The number of hydrogen-bond donors (Lipinski definition) is 0. The third-order valence-corrected chi connectivity index (χ3v) is 2.73. The van der Waals surface area contributed by atoms with Crippen molar-refractivity contribution in [1.82, 2.24) is 0 Å². The van der Waals surface area contributed by atoms with E-state index < -0.39 is 8.03 Å². The minimum Gasteiger partial charge on any atom is -0.330 e. The molecule has 0 saturated carbocycles. The summed E-state index contributed by atoms with van der Waals surface area (Å²) >= 11 is 0. The van der Waals surface area contributed by atoms with Crippen LogP contribution in [0.4, 0.5) is 0 Å². The van der Waals surface area contributed by atoms with E-state index in [0.717, 1.165) is 12.8 Å². The van der Waals surface area contributed by atoms with Gasteiger partial charge in [-0.3, -0.25) is 4.57 Å². The first kappa shape index (κ1) is 11.9. The van der Waals surface area contributed by atoms with Crippen LogP contribution in [-0.2, 0) is 9.09 Å². The Labute approximate surface area is 75.9 Å². The Morgan fingerprint density at radius 3 is 2.75 bits per heavy atom. The molecular formula is C9H19O2P. The van der Waals surface area contributed by atoms with Crippen molar-refractivity contribution in [3.05, 3.63) is 12.7 Å². The summed E-state index contributed by atoms with van der Waals surface area (Å²) in [6.45, 7) is 8.45. The van der Waals surface area contributed by atoms with Gasteiger partial charge in [-0.2, -0.15) is 0 Å². The maximum Gasteiger partial charge on any atom is 0.191 e. The lowest BCUT2D eigenvalue weighted by Gasteiger charge is -2.05. The predicted octanol–water partition coefficient (Wildman–Crippen LogP) is 3.10. The molecule has 3 heteroatoms. The smallest absolute Gasteiger partial charge is 0.191 e. The van der Waals surface area contributed by atoms with Crippen molar-refractivity contribution in [3.63, 3.8) is 0 Å². The summed E-state index contributed by atoms with van der Waals surface area (Å²) in [5, 5.41) is 0. The topological polar surface area (TPSA) is 26.3 Å². The zero-order valence-electron chi connectivity index (χ0n) is 8.01. The van der Waals surface area contributed by atoms with Gasteiger partial charge in [0.25, 0.3) is 0 Å². The van der Waals surface area contributed by atoms with Crippen LogP contribution in [0, 0.1) is 5.92 Å². The van der Waals surface area contributed by atoms with E-state index in [2.05, 4.69) is 20.4 Å². The molecule has 0 radical (unpaired) electrons. The van der Waals surface area contributed by atoms with Gasteiger partial charge < -0.3 is 4.52 Å². The monoisotopic (exact) mass is 190 g/mol. The molecule has 0 bridgehead atoms. The molecule has 0 aromatic carbocycles. The van der Waals surface area contributed by atoms with E-state index >= 15 is 0 Å². The maximum atomic E-state index is 11.1. The van der Waals surface area contributed by atoms with Gasteiger partial charge in [-0.05, 0) is 18.8 Å². The summed E-state index contributed by atoms with van der Waals surface area (Å²) in [6.07, 6.45) is 4.20. The summed E-state index contributed by atoms with van der Waals surface area (Å²) in [5.41, 5.74) is 0. The minimum atomic E-state index is -1.77. The fraction of sp³-hybridized carbons (Fsp3) is 0.778. The molecule has 0 spiro atoms. The molecule has 0 fully saturated rings. The second kappa shape index (κ2) is 7.57. The van der Waals surface area contributed by atoms with E-state index in [0.29, 0.717) is 18.7 Å². The fourth-order valence-electron chi connectivity index (χ4n) is 0.701. The summed E-state index contributed by atoms with van der Waals surface area (Å²) in [6, 6.07) is 0. The standard InChI is InChI=1S/C9H19O2P/c1-4-5-8-12(10)11-7-6-9(2)3/h4,9,12H,1,5-8H2,2-3H3. The van der Waals surface area contributed by atoms with Crippen LogP contribution in [0.15, 0.2) is 12.7 Å². The van der Waals surface area contributed by atoms with Crippen LogP contribution in [0.2, 0.25) is 0 Å². The van der Waals surface area contributed by atoms with Crippen molar-refractivity contribution in [2.24, 2.45) is 5.92 Å². The van der Waals surface area contributed by atoms with Crippen LogP contribution >= 0.6 is 8.03 Å². The molecule has 2 nitrogen and oxygen atoms in total. The molecule has 1 unspecified atom stereocenters. The van der Waals surface area contributed by atoms with Gasteiger partial charge in [-0.1, -0.05) is 19.9 Å². The first-order valence-corrected chi connectivity index (χ1v) is 5.95. The molecule has 0 rings (SSSR count). The molecule has 1 atom stereocenters. The van der Waals surface area contributed by atoms with E-state index in [1.165, 1.54) is 0 Å². The second-order valence-corrected chi connectivity index (χ2v) is 4.76. The summed E-state index contributed by atoms with van der Waals surface area (Å²) in [7, 11) is -1.77. The normalized spacial score (nSPS) is 13.2. The third-order valence-electron chi connectivity index (χ3n) is 1.51. The molecule has 72 valence electrons. The van der Waals surface area contributed by atoms with Crippen LogP contribution in [0.1, 0.15) is 26.7 Å². The Morgan fingerprint density at radius 2 is 2.25 bits per heavy atom. The van der Waals surface area contributed by atoms with Gasteiger partial charge in [0.05, 0.1) is 6.61 Å². The van der Waals surface area contributed by atoms with Crippen LogP contribution in [-0.4, -0.2) is 12.8 Å². The molecule has 0 aromatic heterocycles. The summed E-state index contributed by atoms with van der Waals surface area (Å²) in [4.78, 5) is 0. The quantitative estimate of drug-likeness (QED) is 0.455. The van der Waals surface area contributed by atoms with Crippen molar-refractivity contribution >= 4 is 8.03 Å². The molecule has 0 saturated heterocycles. The number of hydrogen-bond acceptors (Lipinski definition) is 2. The Bertz CT molecular complexity index is 143. The van der Waals surface area contributed by atoms with Gasteiger partial charge in [0.15, 0.2) is 8.03 Å². The Kier molecular flexibility index (Phi) is 7.53. The van der Waals surface area contributed by atoms with E-state index in [1.54, 1.807) is 6.08 Å². The fourth-order valence-corrected chi connectivity index (χ4v) is 1.63. The van der Waals surface area contributed by atoms with Crippen molar-refractivity contribution < 1.29 is 9.09 Å². The van der Waals surface area contributed by atoms with E-state index in [1.807, 2.05) is 0 Å². The molecule has 0 aliphatic heterocycles. The highest BCUT2D eigenvalue weighted by Crippen LogP contribution is 2.23. The van der Waals surface area contributed by atoms with Crippen molar-refractivity contribution in [3.8, 4) is 0 Å². The lowest BCUT2D eigenvalue weighted by Crippen LogP contribution is -1.94. The van der Waals surface area contributed by atoms with Crippen molar-refractivity contribution in [2.45, 2.75) is 26.7 Å². The van der Waals surface area contributed by atoms with E-state index in [4.69, 9.17) is 4.52 Å². The van der Waals surface area contributed by atoms with Gasteiger partial charge in [-0.25, -0.2) is 0 Å². The van der Waals surface area contributed by atoms with Crippen molar-refractivity contribution in [2.75, 3.05) is 12.8 Å². The lowest BCUT2D eigenvalue weighted by molar-refractivity contribution is 0.301. The Hall–Kier alpha value is -0.0700. The van der Waals surface area contributed by atoms with Crippen LogP contribution in [0.25, 0.3) is 0 Å². The molecule has 0 heterocycles. The second-order valence-electron chi connectivity index (χ2n) is 3.23. The van der Waals surface area contributed by atoms with Gasteiger partial charge in [-0.15, -0.1) is 6.58 Å². The van der Waals surface area contributed by atoms with Crippen LogP contribution in [0.3, 0.4) is 0 Å². The molecule has 0 aliphatic rings. The third kappa shape index (κ3) is 8.03. The lowest BCUT2D eigenvalue weighted by atomic mass is 10.2. The molecule has 0 N–H and O–H groups in total. The highest BCUT2D eigenvalue weighted by molar-refractivity contribution is 7.39. The Balaban J connectivity index is 3.25. The van der Waals surface area contributed by atoms with Crippen LogP contribution < -0.4 is 0 Å². The average molecular weight is 190 g/mol. The first-order chi connectivity index (χ1) is 5.66. The molecule has 0 aliphatic carbocycles. The number of allylic oxidation sites excluding steroid dienone is 1. The SMILES string of the molecule is C=CCC[PH](=O)OCCC(C)C. The van der Waals surface area contributed by atoms with Gasteiger partial charge in [0.2, 0.25) is 0 Å². The molecule has 12 heavy (non-hydrogen) atoms. The summed E-state index contributed by atoms with van der Waals surface area (Å²) < 4.78 is 16.3. The minimum absolute atomic E-state index is 0.624. The number of rotatable bonds is 7. The first-order valence-electron chi connectivity index (χ1n) is 4.43. The van der Waals surface area contributed by atoms with E-state index in [9.17, 15) is 4.57 Å². The van der Waals surface area contributed by atoms with Gasteiger partial charge in [0, 0.05) is 6.16 Å². The summed E-state index contributed by atoms with van der Waals surface area (Å²) in [5.74, 6) is 0.624. The van der Waals surface area contributed by atoms with E-state index in [-0.39, 0.29) is 0 Å². The zero-order valence-corrected chi connectivity index (χ0v) is 9.01. The predicted molar refractivity (Wildman–Crippen MR) is 54.1 cm³/mol. The van der Waals surface area contributed by atoms with Gasteiger partial charge >= 0.3 is 0 Å². The Morgan fingerprint density at radius 1 is 1.58 bits per heavy atom. The highest BCUT2D eigenvalue weighted by atomic mass is 31.1. The largest absolute Gasteiger partial charge is 0.330 e.